The third-order valence-electron chi connectivity index (χ3n) is 3.17. The van der Waals surface area contributed by atoms with Crippen LogP contribution in [-0.2, 0) is 16.3 Å². The smallest absolute Gasteiger partial charge is 0.154 e. The molecule has 1 aliphatic rings. The minimum atomic E-state index is -2.97. The van der Waals surface area contributed by atoms with Gasteiger partial charge in [0.25, 0.3) is 0 Å². The van der Waals surface area contributed by atoms with Crippen molar-refractivity contribution in [2.75, 3.05) is 5.75 Å². The van der Waals surface area contributed by atoms with Crippen molar-refractivity contribution in [3.63, 3.8) is 0 Å². The first kappa shape index (κ1) is 13.5. The number of rotatable bonds is 3. The van der Waals surface area contributed by atoms with Gasteiger partial charge in [-0.1, -0.05) is 6.42 Å². The highest BCUT2D eigenvalue weighted by Crippen LogP contribution is 2.27. The van der Waals surface area contributed by atoms with Gasteiger partial charge >= 0.3 is 0 Å². The number of sulfone groups is 1. The Labute approximate surface area is 114 Å². The molecule has 0 spiro atoms. The normalized spacial score (nSPS) is 25.6. The van der Waals surface area contributed by atoms with Gasteiger partial charge in [0.05, 0.1) is 14.8 Å². The lowest BCUT2D eigenvalue weighted by Crippen LogP contribution is -2.44. The van der Waals surface area contributed by atoms with Crippen molar-refractivity contribution >= 4 is 37.1 Å². The summed E-state index contributed by atoms with van der Waals surface area (Å²) in [5.74, 6) is 0.305. The number of halogens is 1. The van der Waals surface area contributed by atoms with E-state index in [-0.39, 0.29) is 11.3 Å². The monoisotopic (exact) mass is 337 g/mol. The number of hydrogen-bond acceptors (Lipinski definition) is 4. The summed E-state index contributed by atoms with van der Waals surface area (Å²) >= 11 is 5.02. The van der Waals surface area contributed by atoms with E-state index in [0.29, 0.717) is 12.2 Å². The fourth-order valence-electron chi connectivity index (χ4n) is 2.29. The molecule has 6 heteroatoms. The second-order valence-corrected chi connectivity index (χ2v) is 9.36. The highest BCUT2D eigenvalue weighted by atomic mass is 79.9. The Bertz CT molecular complexity index is 483. The fourth-order valence-corrected chi connectivity index (χ4v) is 5.90. The molecule has 96 valence electrons. The van der Waals surface area contributed by atoms with Crippen LogP contribution in [0.5, 0.6) is 0 Å². The topological polar surface area (TPSA) is 60.2 Å². The van der Waals surface area contributed by atoms with E-state index in [4.69, 9.17) is 5.73 Å². The Morgan fingerprint density at radius 2 is 2.24 bits per heavy atom. The molecule has 2 unspecified atom stereocenters. The molecule has 0 amide bonds. The molecule has 2 atom stereocenters. The van der Waals surface area contributed by atoms with Crippen LogP contribution in [0, 0.1) is 0 Å². The molecule has 0 aromatic carbocycles. The van der Waals surface area contributed by atoms with E-state index in [0.717, 1.165) is 27.9 Å². The van der Waals surface area contributed by atoms with Gasteiger partial charge in [0.2, 0.25) is 0 Å². The molecular weight excluding hydrogens is 322 g/mol. The van der Waals surface area contributed by atoms with Gasteiger partial charge in [0.15, 0.2) is 9.84 Å². The highest BCUT2D eigenvalue weighted by molar-refractivity contribution is 9.11. The molecule has 1 aliphatic heterocycles. The van der Waals surface area contributed by atoms with Crippen molar-refractivity contribution in [3.05, 3.63) is 20.8 Å². The average Bonchev–Trinajstić information content (AvgIpc) is 2.63. The summed E-state index contributed by atoms with van der Waals surface area (Å²) in [6.07, 6.45) is 3.14. The van der Waals surface area contributed by atoms with Gasteiger partial charge in [-0.3, -0.25) is 0 Å². The Balaban J connectivity index is 2.06. The van der Waals surface area contributed by atoms with Gasteiger partial charge < -0.3 is 5.73 Å². The molecule has 2 heterocycles. The van der Waals surface area contributed by atoms with E-state index in [1.807, 2.05) is 12.1 Å². The zero-order valence-electron chi connectivity index (χ0n) is 9.43. The quantitative estimate of drug-likeness (QED) is 0.920. The van der Waals surface area contributed by atoms with E-state index >= 15 is 0 Å². The molecule has 0 saturated carbocycles. The van der Waals surface area contributed by atoms with Crippen molar-refractivity contribution in [3.8, 4) is 0 Å². The number of nitrogens with two attached hydrogens (primary N) is 1. The third kappa shape index (κ3) is 3.30. The van der Waals surface area contributed by atoms with Crippen LogP contribution in [0.4, 0.5) is 0 Å². The summed E-state index contributed by atoms with van der Waals surface area (Å²) in [6.45, 7) is 0. The van der Waals surface area contributed by atoms with Crippen molar-refractivity contribution in [1.29, 1.82) is 0 Å². The van der Waals surface area contributed by atoms with Gasteiger partial charge in [-0.2, -0.15) is 0 Å². The minimum Gasteiger partial charge on any atom is -0.326 e. The number of hydrogen-bond donors (Lipinski definition) is 1. The summed E-state index contributed by atoms with van der Waals surface area (Å²) in [7, 11) is -2.97. The van der Waals surface area contributed by atoms with Crippen LogP contribution in [-0.4, -0.2) is 25.5 Å². The largest absolute Gasteiger partial charge is 0.326 e. The molecule has 1 saturated heterocycles. The second-order valence-electron chi connectivity index (χ2n) is 4.48. The van der Waals surface area contributed by atoms with Gasteiger partial charge in [0.1, 0.15) is 0 Å². The lowest BCUT2D eigenvalue weighted by molar-refractivity contribution is 0.496. The first-order valence-electron chi connectivity index (χ1n) is 5.70. The average molecular weight is 338 g/mol. The van der Waals surface area contributed by atoms with E-state index in [1.54, 1.807) is 11.3 Å². The van der Waals surface area contributed by atoms with Crippen LogP contribution < -0.4 is 5.73 Å². The summed E-state index contributed by atoms with van der Waals surface area (Å²) in [4.78, 5) is 1.14. The van der Waals surface area contributed by atoms with Crippen LogP contribution in [0.25, 0.3) is 0 Å². The molecule has 0 bridgehead atoms. The molecule has 2 rings (SSSR count). The SMILES string of the molecule is NC(Cc1ccc(Br)s1)C1CCCCS1(=O)=O. The maximum absolute atomic E-state index is 11.9. The van der Waals surface area contributed by atoms with Gasteiger partial charge in [-0.25, -0.2) is 8.42 Å². The van der Waals surface area contributed by atoms with Crippen LogP contribution in [0.1, 0.15) is 24.1 Å². The van der Waals surface area contributed by atoms with Gasteiger partial charge in [0, 0.05) is 10.9 Å². The molecular formula is C11H16BrNO2S2. The first-order valence-corrected chi connectivity index (χ1v) is 9.03. The van der Waals surface area contributed by atoms with Crippen LogP contribution >= 0.6 is 27.3 Å². The lowest BCUT2D eigenvalue weighted by atomic mass is 10.0. The Morgan fingerprint density at radius 1 is 1.47 bits per heavy atom. The highest BCUT2D eigenvalue weighted by Gasteiger charge is 2.33. The number of thiophene rings is 1. The van der Waals surface area contributed by atoms with Gasteiger partial charge in [-0.05, 0) is 47.3 Å². The molecule has 2 N–H and O–H groups in total. The summed E-state index contributed by atoms with van der Waals surface area (Å²) in [5.41, 5.74) is 6.08. The second kappa shape index (κ2) is 5.38. The summed E-state index contributed by atoms with van der Waals surface area (Å²) in [5, 5.41) is -0.350. The Morgan fingerprint density at radius 3 is 2.82 bits per heavy atom. The van der Waals surface area contributed by atoms with Crippen molar-refractivity contribution in [1.82, 2.24) is 0 Å². The standard InChI is InChI=1S/C11H16BrNO2S2/c12-11-5-4-8(16-11)7-9(13)10-3-1-2-6-17(10,14)15/h4-5,9-10H,1-3,6-7,13H2. The van der Waals surface area contributed by atoms with Crippen LogP contribution in [0.3, 0.4) is 0 Å². The van der Waals surface area contributed by atoms with Gasteiger partial charge in [-0.15, -0.1) is 11.3 Å². The van der Waals surface area contributed by atoms with Crippen LogP contribution in [0.2, 0.25) is 0 Å². The zero-order chi connectivity index (χ0) is 12.5. The predicted octanol–water partition coefficient (Wildman–Crippen LogP) is 2.35. The maximum Gasteiger partial charge on any atom is 0.154 e. The third-order valence-corrected chi connectivity index (χ3v) is 7.18. The molecule has 3 nitrogen and oxygen atoms in total. The van der Waals surface area contributed by atoms with Crippen molar-refractivity contribution in [2.45, 2.75) is 37.0 Å². The zero-order valence-corrected chi connectivity index (χ0v) is 12.7. The summed E-state index contributed by atoms with van der Waals surface area (Å²) in [6, 6.07) is 3.71. The van der Waals surface area contributed by atoms with Crippen molar-refractivity contribution in [2.24, 2.45) is 5.73 Å². The molecule has 1 fully saturated rings. The molecule has 0 radical (unpaired) electrons. The Kier molecular flexibility index (Phi) is 4.28. The van der Waals surface area contributed by atoms with E-state index in [9.17, 15) is 8.42 Å². The van der Waals surface area contributed by atoms with Crippen LogP contribution in [0.15, 0.2) is 15.9 Å². The Hall–Kier alpha value is 0.0900. The summed E-state index contributed by atoms with van der Waals surface area (Å²) < 4.78 is 24.9. The molecule has 17 heavy (non-hydrogen) atoms. The molecule has 1 aromatic rings. The maximum atomic E-state index is 11.9. The lowest BCUT2D eigenvalue weighted by Gasteiger charge is -2.27. The van der Waals surface area contributed by atoms with Crippen molar-refractivity contribution < 1.29 is 8.42 Å². The fraction of sp³-hybridized carbons (Fsp3) is 0.636. The molecule has 1 aromatic heterocycles. The minimum absolute atomic E-state index is 0.272. The van der Waals surface area contributed by atoms with E-state index in [1.165, 1.54) is 0 Å². The van der Waals surface area contributed by atoms with E-state index < -0.39 is 9.84 Å². The first-order chi connectivity index (χ1) is 7.99. The predicted molar refractivity (Wildman–Crippen MR) is 75.1 cm³/mol. The van der Waals surface area contributed by atoms with E-state index in [2.05, 4.69) is 15.9 Å². The molecule has 0 aliphatic carbocycles.